The Kier molecular flexibility index (Phi) is 36.5. The van der Waals surface area contributed by atoms with E-state index in [0.29, 0.717) is 112 Å². The van der Waals surface area contributed by atoms with E-state index in [2.05, 4.69) is 38.1 Å². The predicted molar refractivity (Wildman–Crippen MR) is 203 cm³/mol. The molecule has 1 rings (SSSR count). The minimum atomic E-state index is -0.136. The van der Waals surface area contributed by atoms with Crippen molar-refractivity contribution in [2.75, 3.05) is 106 Å². The molecule has 0 saturated heterocycles. The first-order chi connectivity index (χ1) is 25.3. The highest BCUT2D eigenvalue weighted by Crippen LogP contribution is 2.15. The largest absolute Gasteiger partial charge is 0.491 e. The van der Waals surface area contributed by atoms with E-state index in [9.17, 15) is 4.79 Å². The first-order valence-corrected chi connectivity index (χ1v) is 20.2. The Hall–Kier alpha value is -1.79. The highest BCUT2D eigenvalue weighted by molar-refractivity contribution is 5.69. The molecular formula is C41H74O10. The lowest BCUT2D eigenvalue weighted by Gasteiger charge is -2.09. The maximum Gasteiger partial charge on any atom is 0.305 e. The van der Waals surface area contributed by atoms with Crippen LogP contribution in [0.3, 0.4) is 0 Å². The molecular weight excluding hydrogens is 652 g/mol. The van der Waals surface area contributed by atoms with E-state index in [-0.39, 0.29) is 5.97 Å². The summed E-state index contributed by atoms with van der Waals surface area (Å²) >= 11 is 0. The quantitative estimate of drug-likeness (QED) is 0.0486. The van der Waals surface area contributed by atoms with Crippen LogP contribution in [0.1, 0.15) is 116 Å². The summed E-state index contributed by atoms with van der Waals surface area (Å²) < 4.78 is 49.6. The van der Waals surface area contributed by atoms with E-state index in [1.807, 2.05) is 0 Å². The highest BCUT2D eigenvalue weighted by Gasteiger charge is 2.03. The normalized spacial score (nSPS) is 11.3. The molecule has 0 aromatic heterocycles. The summed E-state index contributed by atoms with van der Waals surface area (Å²) in [7, 11) is 0. The van der Waals surface area contributed by atoms with Gasteiger partial charge in [-0.3, -0.25) is 4.79 Å². The summed E-state index contributed by atoms with van der Waals surface area (Å²) in [5, 5.41) is 0. The van der Waals surface area contributed by atoms with Gasteiger partial charge in [0.15, 0.2) is 0 Å². The van der Waals surface area contributed by atoms with E-state index in [4.69, 9.17) is 42.6 Å². The number of aryl methyl sites for hydroxylation is 1. The van der Waals surface area contributed by atoms with Crippen LogP contribution in [-0.4, -0.2) is 112 Å². The van der Waals surface area contributed by atoms with Crippen molar-refractivity contribution in [2.24, 2.45) is 0 Å². The molecule has 1 aromatic carbocycles. The summed E-state index contributed by atoms with van der Waals surface area (Å²) in [6.45, 7) is 12.3. The Bertz CT molecular complexity index is 838. The Labute approximate surface area is 310 Å². The fourth-order valence-electron chi connectivity index (χ4n) is 5.19. The first kappa shape index (κ1) is 47.2. The second-order valence-corrected chi connectivity index (χ2v) is 12.7. The van der Waals surface area contributed by atoms with E-state index < -0.39 is 0 Å². The molecule has 0 N–H and O–H groups in total. The minimum absolute atomic E-state index is 0.136. The number of carbonyl (C=O) groups excluding carboxylic acids is 1. The molecule has 0 unspecified atom stereocenters. The molecule has 0 aliphatic rings. The Morgan fingerprint density at radius 2 is 0.765 bits per heavy atom. The zero-order valence-corrected chi connectivity index (χ0v) is 32.5. The van der Waals surface area contributed by atoms with Crippen LogP contribution < -0.4 is 4.74 Å². The number of hydrogen-bond donors (Lipinski definition) is 0. The summed E-state index contributed by atoms with van der Waals surface area (Å²) in [5.41, 5.74) is 1.38. The van der Waals surface area contributed by atoms with Gasteiger partial charge in [0.25, 0.3) is 0 Å². The maximum absolute atomic E-state index is 11.7. The van der Waals surface area contributed by atoms with Gasteiger partial charge in [0.2, 0.25) is 0 Å². The van der Waals surface area contributed by atoms with Crippen molar-refractivity contribution in [3.8, 4) is 5.75 Å². The van der Waals surface area contributed by atoms with Crippen molar-refractivity contribution in [1.82, 2.24) is 0 Å². The van der Waals surface area contributed by atoms with Crippen LogP contribution in [0.15, 0.2) is 24.3 Å². The Morgan fingerprint density at radius 1 is 0.412 bits per heavy atom. The lowest BCUT2D eigenvalue weighted by atomic mass is 10.0. The van der Waals surface area contributed by atoms with Gasteiger partial charge in [-0.1, -0.05) is 103 Å². The van der Waals surface area contributed by atoms with Crippen molar-refractivity contribution in [3.05, 3.63) is 29.8 Å². The number of benzene rings is 1. The van der Waals surface area contributed by atoms with E-state index in [1.165, 1.54) is 82.6 Å². The second-order valence-electron chi connectivity index (χ2n) is 12.7. The predicted octanol–water partition coefficient (Wildman–Crippen LogP) is 8.16. The van der Waals surface area contributed by atoms with Crippen LogP contribution in [0.4, 0.5) is 0 Å². The SMILES string of the molecule is CCCCCCCCCC(=O)OCCOCCOCCOCCOCCOCCOCCOCCOc1ccc(CCCCCCCCC)cc1. The van der Waals surface area contributed by atoms with Crippen LogP contribution in [0, 0.1) is 0 Å². The van der Waals surface area contributed by atoms with Crippen molar-refractivity contribution in [1.29, 1.82) is 0 Å². The third-order valence-electron chi connectivity index (χ3n) is 8.20. The molecule has 0 amide bonds. The van der Waals surface area contributed by atoms with Gasteiger partial charge in [-0.2, -0.15) is 0 Å². The van der Waals surface area contributed by atoms with Crippen LogP contribution >= 0.6 is 0 Å². The lowest BCUT2D eigenvalue weighted by Crippen LogP contribution is -2.15. The van der Waals surface area contributed by atoms with Gasteiger partial charge in [0.05, 0.1) is 92.5 Å². The summed E-state index contributed by atoms with van der Waals surface area (Å²) in [6.07, 6.45) is 19.3. The number of carbonyl (C=O) groups is 1. The molecule has 0 fully saturated rings. The molecule has 0 spiro atoms. The van der Waals surface area contributed by atoms with Crippen LogP contribution in [0.25, 0.3) is 0 Å². The van der Waals surface area contributed by atoms with Crippen LogP contribution in [0.5, 0.6) is 5.75 Å². The average Bonchev–Trinajstić information content (AvgIpc) is 3.14. The molecule has 298 valence electrons. The van der Waals surface area contributed by atoms with Gasteiger partial charge < -0.3 is 42.6 Å². The molecule has 0 saturated carbocycles. The fourth-order valence-corrected chi connectivity index (χ4v) is 5.19. The highest BCUT2D eigenvalue weighted by atomic mass is 16.6. The van der Waals surface area contributed by atoms with Crippen LogP contribution in [-0.2, 0) is 49.1 Å². The molecule has 0 aliphatic carbocycles. The van der Waals surface area contributed by atoms with E-state index >= 15 is 0 Å². The molecule has 1 aromatic rings. The molecule has 0 radical (unpaired) electrons. The van der Waals surface area contributed by atoms with Crippen LogP contribution in [0.2, 0.25) is 0 Å². The zero-order chi connectivity index (χ0) is 36.6. The maximum atomic E-state index is 11.7. The molecule has 10 nitrogen and oxygen atoms in total. The van der Waals surface area contributed by atoms with Gasteiger partial charge in [0, 0.05) is 6.42 Å². The summed E-state index contributed by atoms with van der Waals surface area (Å²) in [5.74, 6) is 0.750. The summed E-state index contributed by atoms with van der Waals surface area (Å²) in [4.78, 5) is 11.7. The van der Waals surface area contributed by atoms with E-state index in [1.54, 1.807) is 0 Å². The van der Waals surface area contributed by atoms with Gasteiger partial charge in [0.1, 0.15) is 19.0 Å². The number of hydrogen-bond acceptors (Lipinski definition) is 10. The molecule has 10 heteroatoms. The van der Waals surface area contributed by atoms with Crippen molar-refractivity contribution in [2.45, 2.75) is 117 Å². The molecule has 51 heavy (non-hydrogen) atoms. The molecule has 0 atom stereocenters. The van der Waals surface area contributed by atoms with Gasteiger partial charge in [-0.05, 0) is 37.0 Å². The third-order valence-corrected chi connectivity index (χ3v) is 8.20. The number of esters is 1. The summed E-state index contributed by atoms with van der Waals surface area (Å²) in [6, 6.07) is 8.45. The van der Waals surface area contributed by atoms with Gasteiger partial charge >= 0.3 is 5.97 Å². The molecule has 0 bridgehead atoms. The third kappa shape index (κ3) is 35.0. The van der Waals surface area contributed by atoms with Crippen molar-refractivity contribution < 1.29 is 47.4 Å². The number of rotatable bonds is 41. The van der Waals surface area contributed by atoms with Crippen molar-refractivity contribution >= 4 is 5.97 Å². The van der Waals surface area contributed by atoms with Crippen molar-refractivity contribution in [3.63, 3.8) is 0 Å². The Balaban J connectivity index is 1.71. The van der Waals surface area contributed by atoms with Gasteiger partial charge in [-0.15, -0.1) is 0 Å². The molecule has 0 heterocycles. The Morgan fingerprint density at radius 3 is 1.20 bits per heavy atom. The standard InChI is InChI=1S/C41H74O10/c1-3-5-7-9-11-13-15-17-39-19-21-40(22-20-39)50-37-35-48-33-31-46-29-27-44-25-23-43-24-26-45-28-30-47-32-34-49-36-38-51-41(42)18-16-14-12-10-8-6-4-2/h19-22H,3-18,23-38H2,1-2H3. The zero-order valence-electron chi connectivity index (χ0n) is 32.5. The van der Waals surface area contributed by atoms with E-state index in [0.717, 1.165) is 25.0 Å². The minimum Gasteiger partial charge on any atom is -0.491 e. The first-order valence-electron chi connectivity index (χ1n) is 20.2. The lowest BCUT2D eigenvalue weighted by molar-refractivity contribution is -0.145. The number of unbranched alkanes of at least 4 members (excludes halogenated alkanes) is 12. The molecule has 0 aliphatic heterocycles. The topological polar surface area (TPSA) is 100 Å². The fraction of sp³-hybridized carbons (Fsp3) is 0.829. The van der Waals surface area contributed by atoms with Gasteiger partial charge in [-0.25, -0.2) is 0 Å². The average molecular weight is 727 g/mol. The monoisotopic (exact) mass is 727 g/mol. The number of ether oxygens (including phenoxy) is 9. The second kappa shape index (κ2) is 39.4. The smallest absolute Gasteiger partial charge is 0.305 e.